The second-order valence-electron chi connectivity index (χ2n) is 9.39. The third-order valence-corrected chi connectivity index (χ3v) is 6.88. The lowest BCUT2D eigenvalue weighted by molar-refractivity contribution is 0.0969. The first-order valence-electron chi connectivity index (χ1n) is 12.7. The Balaban J connectivity index is 1.38. The predicted octanol–water partition coefficient (Wildman–Crippen LogP) is 6.02. The summed E-state index contributed by atoms with van der Waals surface area (Å²) in [6.07, 6.45) is 8.62. The first-order valence-corrected chi connectivity index (χ1v) is 12.7. The van der Waals surface area contributed by atoms with Crippen LogP contribution >= 0.6 is 0 Å². The van der Waals surface area contributed by atoms with E-state index in [1.54, 1.807) is 30.9 Å². The number of carbonyl (C=O) groups excluding carboxylic acids is 2. The SMILES string of the molecule is O=C(Nc1c(O[C@H](Cn2ccnc2)c2ccccc2)ccc2c1CCCC2=O)c1cc2ccccc2cn1. The fourth-order valence-electron chi connectivity index (χ4n) is 4.95. The number of pyridine rings is 1. The standard InChI is InChI=1S/C31H26N4O3/c36-27-12-6-11-25-24(27)13-14-28(38-29(19-35-16-15-32-20-35)21-7-2-1-3-8-21)30(25)34-31(37)26-17-22-9-4-5-10-23(22)18-33-26/h1-5,7-10,13-18,20,29H,6,11-12,19H2,(H,34,37)/t29-/m1/s1. The molecule has 1 N–H and O–H groups in total. The summed E-state index contributed by atoms with van der Waals surface area (Å²) in [6, 6.07) is 23.1. The van der Waals surface area contributed by atoms with E-state index in [9.17, 15) is 9.59 Å². The molecule has 5 aromatic rings. The zero-order chi connectivity index (χ0) is 25.9. The largest absolute Gasteiger partial charge is 0.482 e. The number of aromatic nitrogens is 3. The molecule has 2 aromatic heterocycles. The maximum atomic E-state index is 13.5. The molecule has 0 fully saturated rings. The molecule has 1 atom stereocenters. The van der Waals surface area contributed by atoms with Crippen molar-refractivity contribution in [3.05, 3.63) is 120 Å². The number of nitrogens with one attached hydrogen (secondary N) is 1. The van der Waals surface area contributed by atoms with Gasteiger partial charge in [-0.2, -0.15) is 0 Å². The van der Waals surface area contributed by atoms with Crippen LogP contribution in [-0.2, 0) is 13.0 Å². The van der Waals surface area contributed by atoms with Gasteiger partial charge in [0, 0.05) is 36.0 Å². The highest BCUT2D eigenvalue weighted by Gasteiger charge is 2.26. The number of imidazole rings is 1. The Morgan fingerprint density at radius 3 is 2.63 bits per heavy atom. The fraction of sp³-hybridized carbons (Fsp3) is 0.161. The number of benzene rings is 3. The van der Waals surface area contributed by atoms with Gasteiger partial charge in [-0.25, -0.2) is 4.98 Å². The number of carbonyl (C=O) groups is 2. The summed E-state index contributed by atoms with van der Waals surface area (Å²) in [5.41, 5.74) is 3.26. The molecule has 0 bridgehead atoms. The molecule has 6 rings (SSSR count). The number of hydrogen-bond donors (Lipinski definition) is 1. The first kappa shape index (κ1) is 23.6. The zero-order valence-corrected chi connectivity index (χ0v) is 20.7. The van der Waals surface area contributed by atoms with Gasteiger partial charge in [0.05, 0.1) is 18.6 Å². The van der Waals surface area contributed by atoms with E-state index in [1.165, 1.54) is 0 Å². The van der Waals surface area contributed by atoms with Crippen LogP contribution in [0.3, 0.4) is 0 Å². The molecule has 7 heteroatoms. The van der Waals surface area contributed by atoms with Crippen LogP contribution in [-0.4, -0.2) is 26.2 Å². The monoisotopic (exact) mass is 502 g/mol. The van der Waals surface area contributed by atoms with Gasteiger partial charge in [-0.1, -0.05) is 54.6 Å². The number of hydrogen-bond acceptors (Lipinski definition) is 5. The lowest BCUT2D eigenvalue weighted by Gasteiger charge is -2.25. The molecule has 0 saturated carbocycles. The van der Waals surface area contributed by atoms with Crippen molar-refractivity contribution in [3.8, 4) is 5.75 Å². The summed E-state index contributed by atoms with van der Waals surface area (Å²) in [5.74, 6) is 0.245. The maximum Gasteiger partial charge on any atom is 0.274 e. The van der Waals surface area contributed by atoms with Gasteiger partial charge in [0.1, 0.15) is 17.5 Å². The Kier molecular flexibility index (Phi) is 6.40. The second-order valence-corrected chi connectivity index (χ2v) is 9.39. The highest BCUT2D eigenvalue weighted by atomic mass is 16.5. The van der Waals surface area contributed by atoms with E-state index in [2.05, 4.69) is 15.3 Å². The molecule has 2 heterocycles. The summed E-state index contributed by atoms with van der Waals surface area (Å²) in [4.78, 5) is 34.7. The molecule has 3 aromatic carbocycles. The van der Waals surface area contributed by atoms with Crippen molar-refractivity contribution in [3.63, 3.8) is 0 Å². The van der Waals surface area contributed by atoms with Crippen LogP contribution in [0.25, 0.3) is 10.8 Å². The first-order chi connectivity index (χ1) is 18.7. The predicted molar refractivity (Wildman–Crippen MR) is 145 cm³/mol. The number of fused-ring (bicyclic) bond motifs is 2. The van der Waals surface area contributed by atoms with Crippen LogP contribution in [0.4, 0.5) is 5.69 Å². The smallest absolute Gasteiger partial charge is 0.274 e. The lowest BCUT2D eigenvalue weighted by Crippen LogP contribution is -2.21. The quantitative estimate of drug-likeness (QED) is 0.294. The average Bonchev–Trinajstić information content (AvgIpc) is 3.47. The fourth-order valence-corrected chi connectivity index (χ4v) is 4.95. The molecule has 1 aliphatic rings. The molecule has 0 spiro atoms. The van der Waals surface area contributed by atoms with Crippen molar-refractivity contribution in [2.24, 2.45) is 0 Å². The van der Waals surface area contributed by atoms with Crippen LogP contribution in [0.2, 0.25) is 0 Å². The van der Waals surface area contributed by atoms with Crippen molar-refractivity contribution in [2.45, 2.75) is 31.9 Å². The number of anilines is 1. The normalized spacial score (nSPS) is 13.6. The van der Waals surface area contributed by atoms with E-state index in [-0.39, 0.29) is 17.8 Å². The van der Waals surface area contributed by atoms with E-state index in [0.29, 0.717) is 42.1 Å². The van der Waals surface area contributed by atoms with Gasteiger partial charge in [-0.05, 0) is 47.6 Å². The number of rotatable bonds is 7. The van der Waals surface area contributed by atoms with Crippen molar-refractivity contribution in [1.29, 1.82) is 0 Å². The van der Waals surface area contributed by atoms with Crippen molar-refractivity contribution < 1.29 is 14.3 Å². The molecule has 0 unspecified atom stereocenters. The molecular weight excluding hydrogens is 476 g/mol. The molecule has 38 heavy (non-hydrogen) atoms. The molecule has 0 aliphatic heterocycles. The summed E-state index contributed by atoms with van der Waals surface area (Å²) >= 11 is 0. The molecule has 188 valence electrons. The Bertz CT molecular complexity index is 1610. The Morgan fingerprint density at radius 1 is 1.00 bits per heavy atom. The third kappa shape index (κ3) is 4.78. The third-order valence-electron chi connectivity index (χ3n) is 6.88. The molecule has 0 radical (unpaired) electrons. The average molecular weight is 503 g/mol. The van der Waals surface area contributed by atoms with Gasteiger partial charge in [-0.3, -0.25) is 14.6 Å². The molecule has 7 nitrogen and oxygen atoms in total. The van der Waals surface area contributed by atoms with Crippen LogP contribution in [0.15, 0.2) is 97.7 Å². The van der Waals surface area contributed by atoms with E-state index in [1.807, 2.05) is 71.4 Å². The van der Waals surface area contributed by atoms with Crippen molar-refractivity contribution >= 4 is 28.2 Å². The van der Waals surface area contributed by atoms with Gasteiger partial charge in [0.2, 0.25) is 0 Å². The number of amides is 1. The van der Waals surface area contributed by atoms with E-state index in [0.717, 1.165) is 28.3 Å². The summed E-state index contributed by atoms with van der Waals surface area (Å²) in [6.45, 7) is 0.527. The maximum absolute atomic E-state index is 13.5. The summed E-state index contributed by atoms with van der Waals surface area (Å²) < 4.78 is 8.57. The second kappa shape index (κ2) is 10.3. The van der Waals surface area contributed by atoms with Crippen LogP contribution in [0.1, 0.15) is 50.9 Å². The topological polar surface area (TPSA) is 86.1 Å². The zero-order valence-electron chi connectivity index (χ0n) is 20.7. The summed E-state index contributed by atoms with van der Waals surface area (Å²) in [7, 11) is 0. The minimum Gasteiger partial charge on any atom is -0.482 e. The summed E-state index contributed by atoms with van der Waals surface area (Å²) in [5, 5.41) is 4.95. The Hall–Kier alpha value is -4.78. The van der Waals surface area contributed by atoms with Gasteiger partial charge in [0.15, 0.2) is 5.78 Å². The van der Waals surface area contributed by atoms with Gasteiger partial charge < -0.3 is 14.6 Å². The lowest BCUT2D eigenvalue weighted by atomic mass is 9.89. The van der Waals surface area contributed by atoms with Crippen LogP contribution < -0.4 is 10.1 Å². The van der Waals surface area contributed by atoms with Crippen LogP contribution in [0, 0.1) is 0 Å². The van der Waals surface area contributed by atoms with Gasteiger partial charge in [0.25, 0.3) is 5.91 Å². The van der Waals surface area contributed by atoms with Crippen molar-refractivity contribution in [2.75, 3.05) is 5.32 Å². The van der Waals surface area contributed by atoms with Gasteiger partial charge in [-0.15, -0.1) is 0 Å². The highest BCUT2D eigenvalue weighted by molar-refractivity contribution is 6.08. The minimum atomic E-state index is -0.350. The van der Waals surface area contributed by atoms with Crippen molar-refractivity contribution in [1.82, 2.24) is 14.5 Å². The number of Topliss-reactive ketones (excluding diaryl/α,β-unsaturated/α-hetero) is 1. The number of ketones is 1. The molecular formula is C31H26N4O3. The number of ether oxygens (including phenoxy) is 1. The minimum absolute atomic E-state index is 0.0788. The highest BCUT2D eigenvalue weighted by Crippen LogP contribution is 2.38. The van der Waals surface area contributed by atoms with Crippen LogP contribution in [0.5, 0.6) is 5.75 Å². The van der Waals surface area contributed by atoms with E-state index in [4.69, 9.17) is 4.74 Å². The Labute approximate surface area is 220 Å². The van der Waals surface area contributed by atoms with E-state index < -0.39 is 0 Å². The molecule has 0 saturated heterocycles. The number of nitrogens with zero attached hydrogens (tertiary/aromatic N) is 3. The molecule has 1 aliphatic carbocycles. The van der Waals surface area contributed by atoms with Gasteiger partial charge >= 0.3 is 0 Å². The molecule has 1 amide bonds. The van der Waals surface area contributed by atoms with E-state index >= 15 is 0 Å². The Morgan fingerprint density at radius 2 is 1.82 bits per heavy atom.